The van der Waals surface area contributed by atoms with E-state index in [-0.39, 0.29) is 17.9 Å². The molecule has 0 aliphatic heterocycles. The average molecular weight is 450 g/mol. The number of benzene rings is 3. The van der Waals surface area contributed by atoms with Crippen molar-refractivity contribution < 1.29 is 36.6 Å². The SMILES string of the molecule is O=C(Nc1ccccc1N(Cc1ccccc1)C(=O)CO)c1c(F)c(F)c(F)c(F)c1F. The zero-order chi connectivity index (χ0) is 23.4. The maximum absolute atomic E-state index is 14.0. The lowest BCUT2D eigenvalue weighted by molar-refractivity contribution is -0.121. The van der Waals surface area contributed by atoms with E-state index in [1.807, 2.05) is 0 Å². The molecule has 0 aliphatic carbocycles. The Morgan fingerprint density at radius 3 is 1.91 bits per heavy atom. The highest BCUT2D eigenvalue weighted by atomic mass is 19.2. The van der Waals surface area contributed by atoms with Gasteiger partial charge in [0.25, 0.3) is 11.8 Å². The van der Waals surface area contributed by atoms with Crippen LogP contribution in [-0.4, -0.2) is 23.5 Å². The van der Waals surface area contributed by atoms with Crippen molar-refractivity contribution in [3.63, 3.8) is 0 Å². The van der Waals surface area contributed by atoms with Crippen molar-refractivity contribution in [2.45, 2.75) is 6.54 Å². The number of hydrogen-bond acceptors (Lipinski definition) is 3. The predicted octanol–water partition coefficient (Wildman–Crippen LogP) is 4.16. The largest absolute Gasteiger partial charge is 0.387 e. The fourth-order valence-electron chi connectivity index (χ4n) is 2.96. The smallest absolute Gasteiger partial charge is 0.261 e. The summed E-state index contributed by atoms with van der Waals surface area (Å²) in [5.74, 6) is -13.9. The molecule has 0 atom stereocenters. The molecule has 0 spiro atoms. The van der Waals surface area contributed by atoms with Gasteiger partial charge in [-0.1, -0.05) is 42.5 Å². The predicted molar refractivity (Wildman–Crippen MR) is 105 cm³/mol. The van der Waals surface area contributed by atoms with Crippen molar-refractivity contribution in [2.24, 2.45) is 0 Å². The van der Waals surface area contributed by atoms with E-state index in [0.717, 1.165) is 4.90 Å². The van der Waals surface area contributed by atoms with Crippen LogP contribution in [0, 0.1) is 29.1 Å². The first kappa shape index (κ1) is 22.9. The number of aliphatic hydroxyl groups is 1. The molecule has 3 aromatic rings. The molecular weight excluding hydrogens is 435 g/mol. The van der Waals surface area contributed by atoms with Gasteiger partial charge >= 0.3 is 0 Å². The van der Waals surface area contributed by atoms with Gasteiger partial charge in [-0.05, 0) is 17.7 Å². The molecule has 166 valence electrons. The maximum Gasteiger partial charge on any atom is 0.261 e. The summed E-state index contributed by atoms with van der Waals surface area (Å²) in [6.45, 7) is -0.914. The Morgan fingerprint density at radius 1 is 0.781 bits per heavy atom. The van der Waals surface area contributed by atoms with Gasteiger partial charge < -0.3 is 15.3 Å². The Kier molecular flexibility index (Phi) is 6.84. The minimum absolute atomic E-state index is 0.0321. The zero-order valence-electron chi connectivity index (χ0n) is 16.2. The fourth-order valence-corrected chi connectivity index (χ4v) is 2.96. The van der Waals surface area contributed by atoms with E-state index in [1.165, 1.54) is 24.3 Å². The van der Waals surface area contributed by atoms with Crippen LogP contribution in [0.2, 0.25) is 0 Å². The first-order valence-electron chi connectivity index (χ1n) is 9.13. The van der Waals surface area contributed by atoms with Crippen molar-refractivity contribution in [3.8, 4) is 0 Å². The number of carbonyl (C=O) groups is 2. The average Bonchev–Trinajstić information content (AvgIpc) is 2.80. The maximum atomic E-state index is 14.0. The Balaban J connectivity index is 2.01. The molecule has 5 nitrogen and oxygen atoms in total. The number of carbonyl (C=O) groups excluding carboxylic acids is 2. The summed E-state index contributed by atoms with van der Waals surface area (Å²) >= 11 is 0. The first-order valence-corrected chi connectivity index (χ1v) is 9.13. The van der Waals surface area contributed by atoms with Gasteiger partial charge in [-0.2, -0.15) is 0 Å². The van der Waals surface area contributed by atoms with Gasteiger partial charge in [0.2, 0.25) is 5.82 Å². The highest BCUT2D eigenvalue weighted by Gasteiger charge is 2.30. The third kappa shape index (κ3) is 4.45. The number of anilines is 2. The van der Waals surface area contributed by atoms with Crippen LogP contribution in [0.3, 0.4) is 0 Å². The molecule has 0 fully saturated rings. The van der Waals surface area contributed by atoms with Gasteiger partial charge in [-0.25, -0.2) is 22.0 Å². The summed E-state index contributed by atoms with van der Waals surface area (Å²) < 4.78 is 68.2. The van der Waals surface area contributed by atoms with Crippen molar-refractivity contribution >= 4 is 23.2 Å². The van der Waals surface area contributed by atoms with Gasteiger partial charge in [0.05, 0.1) is 17.9 Å². The highest BCUT2D eigenvalue weighted by molar-refractivity contribution is 6.08. The molecule has 2 N–H and O–H groups in total. The Morgan fingerprint density at radius 2 is 1.31 bits per heavy atom. The van der Waals surface area contributed by atoms with Crippen molar-refractivity contribution in [1.29, 1.82) is 0 Å². The molecule has 0 heterocycles. The van der Waals surface area contributed by atoms with Gasteiger partial charge in [0.1, 0.15) is 12.2 Å². The van der Waals surface area contributed by atoms with Crippen LogP contribution in [-0.2, 0) is 11.3 Å². The lowest BCUT2D eigenvalue weighted by atomic mass is 10.1. The van der Waals surface area contributed by atoms with E-state index < -0.39 is 53.1 Å². The molecule has 0 aromatic heterocycles. The van der Waals surface area contributed by atoms with E-state index >= 15 is 0 Å². The summed E-state index contributed by atoms with van der Waals surface area (Å²) in [6.07, 6.45) is 0. The second-order valence-corrected chi connectivity index (χ2v) is 6.54. The molecule has 0 bridgehead atoms. The number of hydrogen-bond donors (Lipinski definition) is 2. The Labute approximate surface area is 178 Å². The van der Waals surface area contributed by atoms with E-state index in [2.05, 4.69) is 5.32 Å². The molecule has 3 rings (SSSR count). The molecule has 0 unspecified atom stereocenters. The molecule has 0 radical (unpaired) electrons. The minimum Gasteiger partial charge on any atom is -0.387 e. The van der Waals surface area contributed by atoms with Gasteiger partial charge in [-0.3, -0.25) is 9.59 Å². The second kappa shape index (κ2) is 9.56. The van der Waals surface area contributed by atoms with Crippen LogP contribution in [0.1, 0.15) is 15.9 Å². The van der Waals surface area contributed by atoms with Crippen LogP contribution in [0.5, 0.6) is 0 Å². The quantitative estimate of drug-likeness (QED) is 0.337. The van der Waals surface area contributed by atoms with Crippen LogP contribution < -0.4 is 10.2 Å². The van der Waals surface area contributed by atoms with Crippen LogP contribution >= 0.6 is 0 Å². The molecule has 0 aliphatic rings. The molecule has 2 amide bonds. The topological polar surface area (TPSA) is 69.6 Å². The summed E-state index contributed by atoms with van der Waals surface area (Å²) in [5, 5.41) is 11.4. The molecule has 0 saturated heterocycles. The molecule has 3 aromatic carbocycles. The number of aliphatic hydroxyl groups excluding tert-OH is 1. The third-order valence-electron chi connectivity index (χ3n) is 4.50. The minimum atomic E-state index is -2.39. The number of nitrogens with zero attached hydrogens (tertiary/aromatic N) is 1. The van der Waals surface area contributed by atoms with Crippen LogP contribution in [0.25, 0.3) is 0 Å². The first-order chi connectivity index (χ1) is 15.3. The van der Waals surface area contributed by atoms with Crippen molar-refractivity contribution in [1.82, 2.24) is 0 Å². The van der Waals surface area contributed by atoms with E-state index in [1.54, 1.807) is 30.3 Å². The van der Waals surface area contributed by atoms with Crippen molar-refractivity contribution in [2.75, 3.05) is 16.8 Å². The Bertz CT molecular complexity index is 1140. The molecule has 10 heteroatoms. The fraction of sp³-hybridized carbons (Fsp3) is 0.0909. The monoisotopic (exact) mass is 450 g/mol. The van der Waals surface area contributed by atoms with Gasteiger partial charge in [-0.15, -0.1) is 0 Å². The standard InChI is InChI=1S/C22H15F5N2O3/c23-17-16(18(24)20(26)21(27)19(17)25)22(32)28-13-8-4-5-9-14(13)29(15(31)11-30)10-12-6-2-1-3-7-12/h1-9,30H,10-11H2,(H,28,32). The number of para-hydroxylation sites is 2. The molecular formula is C22H15F5N2O3. The summed E-state index contributed by atoms with van der Waals surface area (Å²) in [7, 11) is 0. The van der Waals surface area contributed by atoms with Crippen molar-refractivity contribution in [3.05, 3.63) is 94.8 Å². The van der Waals surface area contributed by atoms with Crippen LogP contribution in [0.4, 0.5) is 33.3 Å². The third-order valence-corrected chi connectivity index (χ3v) is 4.50. The lowest BCUT2D eigenvalue weighted by Crippen LogP contribution is -2.33. The number of amides is 2. The lowest BCUT2D eigenvalue weighted by Gasteiger charge is -2.25. The molecule has 32 heavy (non-hydrogen) atoms. The van der Waals surface area contributed by atoms with Gasteiger partial charge in [0.15, 0.2) is 23.3 Å². The Hall–Kier alpha value is -3.79. The highest BCUT2D eigenvalue weighted by Crippen LogP contribution is 2.29. The van der Waals surface area contributed by atoms with E-state index in [9.17, 15) is 36.6 Å². The summed E-state index contributed by atoms with van der Waals surface area (Å²) in [4.78, 5) is 25.9. The number of nitrogens with one attached hydrogen (secondary N) is 1. The van der Waals surface area contributed by atoms with E-state index in [0.29, 0.717) is 5.56 Å². The van der Waals surface area contributed by atoms with Gasteiger partial charge in [0, 0.05) is 0 Å². The number of rotatable bonds is 6. The normalized spacial score (nSPS) is 10.7. The summed E-state index contributed by atoms with van der Waals surface area (Å²) in [6, 6.07) is 14.1. The number of halogens is 5. The summed E-state index contributed by atoms with van der Waals surface area (Å²) in [5.41, 5.74) is -1.12. The molecule has 0 saturated carbocycles. The zero-order valence-corrected chi connectivity index (χ0v) is 16.2. The van der Waals surface area contributed by atoms with E-state index in [4.69, 9.17) is 0 Å². The second-order valence-electron chi connectivity index (χ2n) is 6.54. The van der Waals surface area contributed by atoms with Crippen LogP contribution in [0.15, 0.2) is 54.6 Å².